The van der Waals surface area contributed by atoms with Crippen molar-refractivity contribution < 1.29 is 5.11 Å². The largest absolute Gasteiger partial charge is 0.378 e. The Hall–Kier alpha value is -1.27. The van der Waals surface area contributed by atoms with Crippen molar-refractivity contribution >= 4 is 0 Å². The van der Waals surface area contributed by atoms with Gasteiger partial charge in [-0.05, 0) is 26.2 Å². The zero-order valence-corrected chi connectivity index (χ0v) is 8.91. The lowest BCUT2D eigenvalue weighted by Crippen LogP contribution is -2.14. The van der Waals surface area contributed by atoms with Gasteiger partial charge in [0, 0.05) is 18.9 Å². The Kier molecular flexibility index (Phi) is 3.32. The monoisotopic (exact) mass is 192 g/mol. The zero-order chi connectivity index (χ0) is 10.6. The minimum atomic E-state index is -0.955. The molecule has 0 radical (unpaired) electrons. The van der Waals surface area contributed by atoms with Crippen molar-refractivity contribution in [1.82, 2.24) is 9.55 Å². The quantitative estimate of drug-likeness (QED) is 0.719. The molecule has 0 aliphatic heterocycles. The number of aryl methyl sites for hydroxylation is 1. The van der Waals surface area contributed by atoms with E-state index in [1.54, 1.807) is 20.0 Å². The van der Waals surface area contributed by atoms with Crippen molar-refractivity contribution in [3.63, 3.8) is 0 Å². The van der Waals surface area contributed by atoms with Gasteiger partial charge in [-0.1, -0.05) is 12.8 Å². The number of hydrogen-bond donors (Lipinski definition) is 1. The average molecular weight is 192 g/mol. The first kappa shape index (κ1) is 10.8. The van der Waals surface area contributed by atoms with Gasteiger partial charge in [-0.2, -0.15) is 0 Å². The first-order valence-corrected chi connectivity index (χ1v) is 4.79. The van der Waals surface area contributed by atoms with Gasteiger partial charge < -0.3 is 9.67 Å². The number of aromatic nitrogens is 2. The molecule has 1 aromatic rings. The van der Waals surface area contributed by atoms with Crippen LogP contribution in [0.1, 0.15) is 33.0 Å². The topological polar surface area (TPSA) is 38.0 Å². The minimum Gasteiger partial charge on any atom is -0.378 e. The maximum atomic E-state index is 9.43. The van der Waals surface area contributed by atoms with Crippen LogP contribution in [0.5, 0.6) is 0 Å². The molecule has 3 heteroatoms. The van der Waals surface area contributed by atoms with Crippen molar-refractivity contribution in [3.8, 4) is 11.8 Å². The number of nitrogens with zero attached hydrogens (tertiary/aromatic N) is 2. The summed E-state index contributed by atoms with van der Waals surface area (Å²) in [7, 11) is 0. The van der Waals surface area contributed by atoms with E-state index in [9.17, 15) is 5.11 Å². The molecule has 1 rings (SSSR count). The van der Waals surface area contributed by atoms with Gasteiger partial charge in [0.1, 0.15) is 5.60 Å². The van der Waals surface area contributed by atoms with Crippen LogP contribution in [-0.2, 0) is 6.54 Å². The number of hydrogen-bond acceptors (Lipinski definition) is 2. The molecular weight excluding hydrogens is 176 g/mol. The molecule has 1 N–H and O–H groups in total. The highest BCUT2D eigenvalue weighted by Crippen LogP contribution is 2.00. The molecule has 0 aromatic carbocycles. The van der Waals surface area contributed by atoms with Crippen LogP contribution in [0.25, 0.3) is 0 Å². The van der Waals surface area contributed by atoms with Gasteiger partial charge in [0.25, 0.3) is 0 Å². The fourth-order valence-electron chi connectivity index (χ4n) is 1.06. The third kappa shape index (κ3) is 3.23. The molecule has 1 aromatic heterocycles. The summed E-state index contributed by atoms with van der Waals surface area (Å²) >= 11 is 0. The predicted molar refractivity (Wildman–Crippen MR) is 55.7 cm³/mol. The minimum absolute atomic E-state index is 0.717. The summed E-state index contributed by atoms with van der Waals surface area (Å²) in [6.07, 6.45) is 4.68. The molecule has 0 bridgehead atoms. The molecule has 14 heavy (non-hydrogen) atoms. The molecule has 3 nitrogen and oxygen atoms in total. The van der Waals surface area contributed by atoms with E-state index in [0.717, 1.165) is 13.0 Å². The number of aliphatic hydroxyl groups is 1. The Labute approximate surface area is 84.8 Å². The van der Waals surface area contributed by atoms with Gasteiger partial charge in [0.05, 0.1) is 0 Å². The summed E-state index contributed by atoms with van der Waals surface area (Å²) in [5.74, 6) is 6.33. The van der Waals surface area contributed by atoms with Crippen molar-refractivity contribution in [2.75, 3.05) is 0 Å². The standard InChI is InChI=1S/C11H16N2O/c1-4-8-13-9-7-12-10(13)5-6-11(2,3)14/h7,9,14H,4,8H2,1-3H3. The first-order valence-electron chi connectivity index (χ1n) is 4.79. The summed E-state index contributed by atoms with van der Waals surface area (Å²) in [5.41, 5.74) is -0.955. The smallest absolute Gasteiger partial charge is 0.185 e. The maximum absolute atomic E-state index is 9.43. The lowest BCUT2D eigenvalue weighted by molar-refractivity contribution is 0.143. The van der Waals surface area contributed by atoms with Gasteiger partial charge in [0.15, 0.2) is 5.82 Å². The second kappa shape index (κ2) is 4.30. The highest BCUT2D eigenvalue weighted by atomic mass is 16.3. The van der Waals surface area contributed by atoms with E-state index < -0.39 is 5.60 Å². The predicted octanol–water partition coefficient (Wildman–Crippen LogP) is 1.42. The Morgan fingerprint density at radius 1 is 1.57 bits per heavy atom. The van der Waals surface area contributed by atoms with Crippen molar-refractivity contribution in [1.29, 1.82) is 0 Å². The van der Waals surface area contributed by atoms with Gasteiger partial charge in [-0.25, -0.2) is 4.98 Å². The summed E-state index contributed by atoms with van der Waals surface area (Å²) in [6.45, 7) is 6.34. The van der Waals surface area contributed by atoms with Gasteiger partial charge in [0.2, 0.25) is 0 Å². The molecule has 76 valence electrons. The van der Waals surface area contributed by atoms with E-state index >= 15 is 0 Å². The van der Waals surface area contributed by atoms with Crippen LogP contribution in [0.3, 0.4) is 0 Å². The van der Waals surface area contributed by atoms with Gasteiger partial charge >= 0.3 is 0 Å². The van der Waals surface area contributed by atoms with Crippen molar-refractivity contribution in [2.45, 2.75) is 39.3 Å². The van der Waals surface area contributed by atoms with E-state index in [1.165, 1.54) is 0 Å². The van der Waals surface area contributed by atoms with Crippen LogP contribution >= 0.6 is 0 Å². The molecule has 0 aliphatic carbocycles. The molecule has 0 spiro atoms. The van der Waals surface area contributed by atoms with Crippen LogP contribution in [0.15, 0.2) is 12.4 Å². The van der Waals surface area contributed by atoms with Gasteiger partial charge in [-0.15, -0.1) is 0 Å². The Morgan fingerprint density at radius 2 is 2.29 bits per heavy atom. The molecular formula is C11H16N2O. The normalized spacial score (nSPS) is 10.9. The second-order valence-corrected chi connectivity index (χ2v) is 3.75. The highest BCUT2D eigenvalue weighted by molar-refractivity contribution is 5.25. The molecule has 0 saturated heterocycles. The number of rotatable bonds is 2. The molecule has 0 amide bonds. The third-order valence-corrected chi connectivity index (χ3v) is 1.66. The average Bonchev–Trinajstić information content (AvgIpc) is 2.48. The summed E-state index contributed by atoms with van der Waals surface area (Å²) in [5, 5.41) is 9.43. The van der Waals surface area contributed by atoms with Crippen LogP contribution in [0.2, 0.25) is 0 Å². The summed E-state index contributed by atoms with van der Waals surface area (Å²) in [6, 6.07) is 0. The van der Waals surface area contributed by atoms with E-state index in [1.807, 2.05) is 10.8 Å². The molecule has 0 atom stereocenters. The van der Waals surface area contributed by atoms with E-state index in [-0.39, 0.29) is 0 Å². The second-order valence-electron chi connectivity index (χ2n) is 3.75. The molecule has 1 heterocycles. The molecule has 0 saturated carbocycles. The lowest BCUT2D eigenvalue weighted by Gasteiger charge is -2.06. The van der Waals surface area contributed by atoms with Crippen LogP contribution in [0, 0.1) is 11.8 Å². The number of imidazole rings is 1. The molecule has 0 fully saturated rings. The Bertz CT molecular complexity index is 349. The van der Waals surface area contributed by atoms with E-state index in [0.29, 0.717) is 5.82 Å². The van der Waals surface area contributed by atoms with Crippen LogP contribution in [-0.4, -0.2) is 20.3 Å². The maximum Gasteiger partial charge on any atom is 0.185 e. The van der Waals surface area contributed by atoms with Gasteiger partial charge in [-0.3, -0.25) is 0 Å². The third-order valence-electron chi connectivity index (χ3n) is 1.66. The lowest BCUT2D eigenvalue weighted by atomic mass is 10.1. The van der Waals surface area contributed by atoms with E-state index in [4.69, 9.17) is 0 Å². The molecule has 0 unspecified atom stereocenters. The molecule has 0 aliphatic rings. The van der Waals surface area contributed by atoms with Crippen LogP contribution < -0.4 is 0 Å². The van der Waals surface area contributed by atoms with Crippen molar-refractivity contribution in [2.24, 2.45) is 0 Å². The van der Waals surface area contributed by atoms with Crippen LogP contribution in [0.4, 0.5) is 0 Å². The van der Waals surface area contributed by atoms with E-state index in [2.05, 4.69) is 23.7 Å². The fraction of sp³-hybridized carbons (Fsp3) is 0.545. The van der Waals surface area contributed by atoms with Crippen molar-refractivity contribution in [3.05, 3.63) is 18.2 Å². The Balaban J connectivity index is 2.84. The Morgan fingerprint density at radius 3 is 2.86 bits per heavy atom. The summed E-state index contributed by atoms with van der Waals surface area (Å²) < 4.78 is 1.98. The fourth-order valence-corrected chi connectivity index (χ4v) is 1.06. The SMILES string of the molecule is CCCn1ccnc1C#CC(C)(C)O. The zero-order valence-electron chi connectivity index (χ0n) is 8.91. The summed E-state index contributed by atoms with van der Waals surface area (Å²) in [4.78, 5) is 4.12. The first-order chi connectivity index (χ1) is 6.53. The highest BCUT2D eigenvalue weighted by Gasteiger charge is 2.06.